The van der Waals surface area contributed by atoms with Gasteiger partial charge in [0.2, 0.25) is 0 Å². The monoisotopic (exact) mass is 406 g/mol. The SMILES string of the molecule is Cc1ccc([N+](=O)[O-])cc1-c1ccc(C=C2SC(=O)N(c3ccccc3)C2=O)o1. The lowest BCUT2D eigenvalue weighted by atomic mass is 10.1. The molecule has 2 heterocycles. The molecular weight excluding hydrogens is 392 g/mol. The molecule has 0 atom stereocenters. The first-order valence-electron chi connectivity index (χ1n) is 8.62. The van der Waals surface area contributed by atoms with Gasteiger partial charge in [0.1, 0.15) is 11.5 Å². The fourth-order valence-corrected chi connectivity index (χ4v) is 3.78. The van der Waals surface area contributed by atoms with Crippen LogP contribution in [0.15, 0.2) is 70.0 Å². The van der Waals surface area contributed by atoms with Crippen LogP contribution in [0, 0.1) is 17.0 Å². The average molecular weight is 406 g/mol. The highest BCUT2D eigenvalue weighted by atomic mass is 32.2. The molecule has 2 amide bonds. The van der Waals surface area contributed by atoms with Crippen molar-refractivity contribution < 1.29 is 18.9 Å². The molecule has 8 heteroatoms. The van der Waals surface area contributed by atoms with E-state index in [1.807, 2.05) is 6.92 Å². The number of carbonyl (C=O) groups is 2. The Kier molecular flexibility index (Phi) is 4.77. The maximum atomic E-state index is 12.7. The smallest absolute Gasteiger partial charge is 0.298 e. The van der Waals surface area contributed by atoms with Gasteiger partial charge in [0, 0.05) is 23.8 Å². The van der Waals surface area contributed by atoms with E-state index in [1.54, 1.807) is 48.5 Å². The Hall–Kier alpha value is -3.65. The summed E-state index contributed by atoms with van der Waals surface area (Å²) in [5.74, 6) is 0.403. The fraction of sp³-hybridized carbons (Fsp3) is 0.0476. The highest BCUT2D eigenvalue weighted by Crippen LogP contribution is 2.36. The first-order chi connectivity index (χ1) is 13.9. The molecule has 1 aliphatic heterocycles. The standard InChI is InChI=1S/C21H14N2O5S/c1-13-7-8-15(23(26)27)11-17(13)18-10-9-16(28-18)12-19-20(24)22(21(25)29-19)14-5-3-2-4-6-14/h2-12H,1H3. The number of nitrogens with zero attached hydrogens (tertiary/aromatic N) is 2. The average Bonchev–Trinajstić information content (AvgIpc) is 3.27. The van der Waals surface area contributed by atoms with Gasteiger partial charge in [-0.1, -0.05) is 24.3 Å². The first kappa shape index (κ1) is 18.7. The number of thioether (sulfide) groups is 1. The number of hydrogen-bond donors (Lipinski definition) is 0. The van der Waals surface area contributed by atoms with Gasteiger partial charge in [-0.05, 0) is 48.5 Å². The Morgan fingerprint density at radius 1 is 1.07 bits per heavy atom. The zero-order valence-corrected chi connectivity index (χ0v) is 16.0. The Morgan fingerprint density at radius 2 is 1.83 bits per heavy atom. The number of anilines is 1. The number of nitro groups is 1. The van der Waals surface area contributed by atoms with Gasteiger partial charge in [-0.2, -0.15) is 0 Å². The maximum absolute atomic E-state index is 12.7. The molecule has 3 aromatic rings. The summed E-state index contributed by atoms with van der Waals surface area (Å²) in [6.07, 6.45) is 1.50. The largest absolute Gasteiger partial charge is 0.457 e. The van der Waals surface area contributed by atoms with Crippen LogP contribution in [0.1, 0.15) is 11.3 Å². The second-order valence-electron chi connectivity index (χ2n) is 6.31. The predicted molar refractivity (Wildman–Crippen MR) is 110 cm³/mol. The lowest BCUT2D eigenvalue weighted by Gasteiger charge is -2.11. The second-order valence-corrected chi connectivity index (χ2v) is 7.30. The van der Waals surface area contributed by atoms with Crippen molar-refractivity contribution in [1.29, 1.82) is 0 Å². The number of non-ortho nitro benzene ring substituents is 1. The molecule has 29 heavy (non-hydrogen) atoms. The van der Waals surface area contributed by atoms with Crippen LogP contribution in [0.2, 0.25) is 0 Å². The van der Waals surface area contributed by atoms with E-state index in [0.717, 1.165) is 22.2 Å². The van der Waals surface area contributed by atoms with Gasteiger partial charge >= 0.3 is 0 Å². The van der Waals surface area contributed by atoms with Gasteiger partial charge in [0.05, 0.1) is 15.5 Å². The number of aryl methyl sites for hydroxylation is 1. The molecule has 1 aromatic heterocycles. The molecule has 1 fully saturated rings. The summed E-state index contributed by atoms with van der Waals surface area (Å²) in [6.45, 7) is 1.83. The second kappa shape index (κ2) is 7.40. The molecule has 7 nitrogen and oxygen atoms in total. The van der Waals surface area contributed by atoms with Crippen LogP contribution >= 0.6 is 11.8 Å². The molecule has 0 N–H and O–H groups in total. The van der Waals surface area contributed by atoms with E-state index in [-0.39, 0.29) is 15.8 Å². The third-order valence-corrected chi connectivity index (χ3v) is 5.28. The van der Waals surface area contributed by atoms with Crippen molar-refractivity contribution in [2.45, 2.75) is 6.92 Å². The first-order valence-corrected chi connectivity index (χ1v) is 9.44. The van der Waals surface area contributed by atoms with Crippen molar-refractivity contribution in [3.63, 3.8) is 0 Å². The van der Waals surface area contributed by atoms with Crippen molar-refractivity contribution in [1.82, 2.24) is 0 Å². The Labute approximate surface area is 169 Å². The Bertz CT molecular complexity index is 1170. The predicted octanol–water partition coefficient (Wildman–Crippen LogP) is 5.40. The zero-order chi connectivity index (χ0) is 20.5. The summed E-state index contributed by atoms with van der Waals surface area (Å²) in [5, 5.41) is 10.7. The van der Waals surface area contributed by atoms with Crippen molar-refractivity contribution in [3.05, 3.63) is 87.0 Å². The minimum absolute atomic E-state index is 0.0347. The van der Waals surface area contributed by atoms with Gasteiger partial charge in [-0.25, -0.2) is 4.90 Å². The molecule has 2 aromatic carbocycles. The topological polar surface area (TPSA) is 93.7 Å². The van der Waals surface area contributed by atoms with Crippen LogP contribution in [-0.2, 0) is 4.79 Å². The summed E-state index contributed by atoms with van der Waals surface area (Å²) in [5.41, 5.74) is 1.88. The lowest BCUT2D eigenvalue weighted by Crippen LogP contribution is -2.27. The van der Waals surface area contributed by atoms with Crippen LogP contribution in [0.25, 0.3) is 17.4 Å². The number of amides is 2. The minimum Gasteiger partial charge on any atom is -0.457 e. The minimum atomic E-state index is -0.466. The molecule has 0 spiro atoms. The summed E-state index contributed by atoms with van der Waals surface area (Å²) in [6, 6.07) is 16.6. The summed E-state index contributed by atoms with van der Waals surface area (Å²) < 4.78 is 5.78. The van der Waals surface area contributed by atoms with Crippen molar-refractivity contribution in [2.24, 2.45) is 0 Å². The summed E-state index contributed by atoms with van der Waals surface area (Å²) in [7, 11) is 0. The van der Waals surface area contributed by atoms with Crippen LogP contribution in [0.4, 0.5) is 16.2 Å². The Balaban J connectivity index is 1.64. The number of furan rings is 1. The van der Waals surface area contributed by atoms with E-state index in [9.17, 15) is 19.7 Å². The van der Waals surface area contributed by atoms with E-state index in [4.69, 9.17) is 4.42 Å². The molecule has 1 saturated heterocycles. The van der Waals surface area contributed by atoms with Crippen LogP contribution in [0.3, 0.4) is 0 Å². The molecule has 0 saturated carbocycles. The third-order valence-electron chi connectivity index (χ3n) is 4.41. The number of hydrogen-bond acceptors (Lipinski definition) is 6. The highest BCUT2D eigenvalue weighted by Gasteiger charge is 2.36. The van der Waals surface area contributed by atoms with Crippen LogP contribution in [-0.4, -0.2) is 16.1 Å². The molecule has 0 radical (unpaired) electrons. The van der Waals surface area contributed by atoms with Gasteiger partial charge < -0.3 is 4.42 Å². The normalized spacial score (nSPS) is 15.3. The van der Waals surface area contributed by atoms with Gasteiger partial charge in [0.25, 0.3) is 16.8 Å². The molecule has 0 aliphatic carbocycles. The van der Waals surface area contributed by atoms with Crippen LogP contribution < -0.4 is 4.90 Å². The molecule has 144 valence electrons. The number of carbonyl (C=O) groups excluding carboxylic acids is 2. The quantitative estimate of drug-likeness (QED) is 0.327. The van der Waals surface area contributed by atoms with E-state index < -0.39 is 10.8 Å². The van der Waals surface area contributed by atoms with E-state index in [1.165, 1.54) is 18.2 Å². The molecule has 4 rings (SSSR count). The number of nitro benzene ring substituents is 1. The zero-order valence-electron chi connectivity index (χ0n) is 15.2. The van der Waals surface area contributed by atoms with Crippen molar-refractivity contribution in [2.75, 3.05) is 4.90 Å². The van der Waals surface area contributed by atoms with Gasteiger partial charge in [0.15, 0.2) is 0 Å². The number of imide groups is 1. The van der Waals surface area contributed by atoms with E-state index >= 15 is 0 Å². The van der Waals surface area contributed by atoms with E-state index in [2.05, 4.69) is 0 Å². The summed E-state index contributed by atoms with van der Waals surface area (Å²) in [4.78, 5) is 36.9. The molecule has 0 bridgehead atoms. The van der Waals surface area contributed by atoms with Crippen molar-refractivity contribution in [3.8, 4) is 11.3 Å². The molecule has 1 aliphatic rings. The van der Waals surface area contributed by atoms with Crippen LogP contribution in [0.5, 0.6) is 0 Å². The number of benzene rings is 2. The number of para-hydroxylation sites is 1. The van der Waals surface area contributed by atoms with Gasteiger partial charge in [-0.15, -0.1) is 0 Å². The molecule has 0 unspecified atom stereocenters. The lowest BCUT2D eigenvalue weighted by molar-refractivity contribution is -0.384. The highest BCUT2D eigenvalue weighted by molar-refractivity contribution is 8.19. The fourth-order valence-electron chi connectivity index (χ4n) is 2.96. The van der Waals surface area contributed by atoms with Gasteiger partial charge in [-0.3, -0.25) is 19.7 Å². The maximum Gasteiger partial charge on any atom is 0.298 e. The Morgan fingerprint density at radius 3 is 2.55 bits per heavy atom. The number of rotatable bonds is 4. The van der Waals surface area contributed by atoms with Crippen molar-refractivity contribution >= 4 is 40.4 Å². The third kappa shape index (κ3) is 3.57. The van der Waals surface area contributed by atoms with E-state index in [0.29, 0.717) is 22.8 Å². The summed E-state index contributed by atoms with van der Waals surface area (Å²) >= 11 is 0.835. The molecular formula is C21H14N2O5S.